The lowest BCUT2D eigenvalue weighted by Crippen LogP contribution is -2.36. The van der Waals surface area contributed by atoms with Crippen molar-refractivity contribution in [1.29, 1.82) is 0 Å². The van der Waals surface area contributed by atoms with Gasteiger partial charge in [0.05, 0.1) is 0 Å². The fourth-order valence-corrected chi connectivity index (χ4v) is 2.07. The molecular weight excluding hydrogens is 222 g/mol. The molecule has 1 rings (SSSR count). The topological polar surface area (TPSA) is 55.4 Å². The van der Waals surface area contributed by atoms with Crippen molar-refractivity contribution in [2.45, 2.75) is 32.5 Å². The van der Waals surface area contributed by atoms with Gasteiger partial charge in [-0.15, -0.1) is 0 Å². The molecule has 1 saturated carbocycles. The van der Waals surface area contributed by atoms with Gasteiger partial charge in [0.15, 0.2) is 0 Å². The molecule has 1 fully saturated rings. The Morgan fingerprint density at radius 3 is 2.50 bits per heavy atom. The highest BCUT2D eigenvalue weighted by molar-refractivity contribution is 6.71. The van der Waals surface area contributed by atoms with Crippen LogP contribution in [-0.2, 0) is 14.0 Å². The van der Waals surface area contributed by atoms with E-state index in [0.717, 1.165) is 12.0 Å². The quantitative estimate of drug-likeness (QED) is 0.585. The van der Waals surface area contributed by atoms with Crippen LogP contribution in [0.1, 0.15) is 12.8 Å². The van der Waals surface area contributed by atoms with Crippen LogP contribution in [-0.4, -0.2) is 26.7 Å². The van der Waals surface area contributed by atoms with Crippen LogP contribution in [0.3, 0.4) is 0 Å². The first-order valence-electron chi connectivity index (χ1n) is 5.44. The lowest BCUT2D eigenvalue weighted by atomic mass is 10.2. The Morgan fingerprint density at radius 1 is 1.50 bits per heavy atom. The van der Waals surface area contributed by atoms with E-state index in [2.05, 4.69) is 11.9 Å². The van der Waals surface area contributed by atoms with Crippen molar-refractivity contribution >= 4 is 20.2 Å². The molecule has 1 amide bonds. The molecule has 1 unspecified atom stereocenters. The van der Waals surface area contributed by atoms with Crippen molar-refractivity contribution in [1.82, 2.24) is 5.32 Å². The van der Waals surface area contributed by atoms with Crippen molar-refractivity contribution in [3.05, 3.63) is 12.2 Å². The molecule has 1 atom stereocenters. The average molecular weight is 241 g/mol. The van der Waals surface area contributed by atoms with Gasteiger partial charge in [0.2, 0.25) is 14.2 Å². The van der Waals surface area contributed by atoms with E-state index in [4.69, 9.17) is 4.43 Å². The Hall–Kier alpha value is -1.10. The highest BCUT2D eigenvalue weighted by atomic mass is 28.4. The molecule has 0 heterocycles. The molecule has 90 valence electrons. The molecule has 0 aromatic heterocycles. The van der Waals surface area contributed by atoms with E-state index in [9.17, 15) is 9.59 Å². The van der Waals surface area contributed by atoms with Crippen molar-refractivity contribution in [2.24, 2.45) is 5.92 Å². The fourth-order valence-electron chi connectivity index (χ4n) is 1.32. The molecule has 4 nitrogen and oxygen atoms in total. The van der Waals surface area contributed by atoms with Gasteiger partial charge < -0.3 is 9.74 Å². The molecule has 1 aliphatic rings. The van der Waals surface area contributed by atoms with E-state index in [1.807, 2.05) is 19.6 Å². The summed E-state index contributed by atoms with van der Waals surface area (Å²) in [5, 5.41) is 2.56. The lowest BCUT2D eigenvalue weighted by molar-refractivity contribution is -0.136. The molecule has 0 spiro atoms. The Bertz CT molecular complexity index is 320. The number of rotatable bonds is 5. The van der Waals surface area contributed by atoms with Crippen LogP contribution >= 0.6 is 0 Å². The zero-order valence-electron chi connectivity index (χ0n) is 10.1. The Kier molecular flexibility index (Phi) is 3.91. The Labute approximate surface area is 97.2 Å². The standard InChI is InChI=1S/C11H19NO3Si/c1-8-5-9(8)6-10(13)12-7-11(14)15-16(2,3)4/h9H,1,5-7H2,2-4H3,(H,12,13). The lowest BCUT2D eigenvalue weighted by Gasteiger charge is -2.17. The maximum Gasteiger partial charge on any atom is 0.312 e. The van der Waals surface area contributed by atoms with Crippen molar-refractivity contribution < 1.29 is 14.0 Å². The summed E-state index contributed by atoms with van der Waals surface area (Å²) in [5.74, 6) is -0.119. The van der Waals surface area contributed by atoms with E-state index in [1.54, 1.807) is 0 Å². The maximum atomic E-state index is 11.4. The highest BCUT2D eigenvalue weighted by Gasteiger charge is 2.29. The largest absolute Gasteiger partial charge is 0.519 e. The van der Waals surface area contributed by atoms with Crippen molar-refractivity contribution in [3.8, 4) is 0 Å². The Morgan fingerprint density at radius 2 is 2.06 bits per heavy atom. The number of nitrogens with one attached hydrogen (secondary N) is 1. The minimum Gasteiger partial charge on any atom is -0.519 e. The molecule has 0 radical (unpaired) electrons. The molecular formula is C11H19NO3Si. The van der Waals surface area contributed by atoms with Crippen LogP contribution in [0.2, 0.25) is 19.6 Å². The summed E-state index contributed by atoms with van der Waals surface area (Å²) in [6.07, 6.45) is 1.38. The molecule has 0 aliphatic heterocycles. The number of hydrogen-bond donors (Lipinski definition) is 1. The number of allylic oxidation sites excluding steroid dienone is 1. The second-order valence-corrected chi connectivity index (χ2v) is 9.56. The number of carbonyl (C=O) groups excluding carboxylic acids is 2. The van der Waals surface area contributed by atoms with Crippen molar-refractivity contribution in [2.75, 3.05) is 6.54 Å². The van der Waals surface area contributed by atoms with Crippen LogP contribution in [0.4, 0.5) is 0 Å². The third-order valence-electron chi connectivity index (χ3n) is 2.21. The summed E-state index contributed by atoms with van der Waals surface area (Å²) in [6, 6.07) is 0. The number of hydrogen-bond acceptors (Lipinski definition) is 3. The predicted octanol–water partition coefficient (Wildman–Crippen LogP) is 1.45. The van der Waals surface area contributed by atoms with Gasteiger partial charge in [-0.1, -0.05) is 12.2 Å². The highest BCUT2D eigenvalue weighted by Crippen LogP contribution is 2.38. The average Bonchev–Trinajstić information content (AvgIpc) is 2.75. The van der Waals surface area contributed by atoms with Crippen LogP contribution < -0.4 is 5.32 Å². The van der Waals surface area contributed by atoms with Gasteiger partial charge in [0.1, 0.15) is 6.54 Å². The van der Waals surface area contributed by atoms with E-state index in [1.165, 1.54) is 0 Å². The van der Waals surface area contributed by atoms with E-state index in [-0.39, 0.29) is 18.4 Å². The van der Waals surface area contributed by atoms with Crippen LogP contribution in [0.5, 0.6) is 0 Å². The van der Waals surface area contributed by atoms with Gasteiger partial charge in [-0.2, -0.15) is 0 Å². The second kappa shape index (κ2) is 4.82. The van der Waals surface area contributed by atoms with E-state index < -0.39 is 8.32 Å². The third-order valence-corrected chi connectivity index (χ3v) is 3.05. The minimum atomic E-state index is -1.84. The van der Waals surface area contributed by atoms with Gasteiger partial charge in [0.25, 0.3) is 0 Å². The summed E-state index contributed by atoms with van der Waals surface area (Å²) in [4.78, 5) is 22.7. The molecule has 5 heteroatoms. The first-order valence-corrected chi connectivity index (χ1v) is 8.85. The summed E-state index contributed by atoms with van der Waals surface area (Å²) >= 11 is 0. The van der Waals surface area contributed by atoms with Gasteiger partial charge in [0, 0.05) is 6.42 Å². The van der Waals surface area contributed by atoms with Gasteiger partial charge in [-0.3, -0.25) is 9.59 Å². The predicted molar refractivity (Wildman–Crippen MR) is 64.3 cm³/mol. The fraction of sp³-hybridized carbons (Fsp3) is 0.636. The molecule has 0 bridgehead atoms. The van der Waals surface area contributed by atoms with Crippen LogP contribution in [0.25, 0.3) is 0 Å². The van der Waals surface area contributed by atoms with Crippen LogP contribution in [0.15, 0.2) is 12.2 Å². The first-order chi connectivity index (χ1) is 7.28. The second-order valence-electron chi connectivity index (χ2n) is 5.13. The molecule has 0 saturated heterocycles. The SMILES string of the molecule is C=C1CC1CC(=O)NCC(=O)O[Si](C)(C)C. The maximum absolute atomic E-state index is 11.4. The normalized spacial score (nSPS) is 19.2. The molecule has 1 aliphatic carbocycles. The molecule has 0 aromatic rings. The zero-order valence-corrected chi connectivity index (χ0v) is 11.1. The van der Waals surface area contributed by atoms with E-state index in [0.29, 0.717) is 12.3 Å². The van der Waals surface area contributed by atoms with Crippen LogP contribution in [0, 0.1) is 5.92 Å². The summed E-state index contributed by atoms with van der Waals surface area (Å²) in [7, 11) is -1.84. The van der Waals surface area contributed by atoms with Crippen molar-refractivity contribution in [3.63, 3.8) is 0 Å². The third kappa shape index (κ3) is 5.11. The summed E-state index contributed by atoms with van der Waals surface area (Å²) in [6.45, 7) is 9.55. The Balaban J connectivity index is 2.16. The number of amides is 1. The first kappa shape index (κ1) is 13.0. The summed E-state index contributed by atoms with van der Waals surface area (Å²) < 4.78 is 5.20. The monoisotopic (exact) mass is 241 g/mol. The van der Waals surface area contributed by atoms with E-state index >= 15 is 0 Å². The minimum absolute atomic E-state index is 0.0255. The van der Waals surface area contributed by atoms with Gasteiger partial charge >= 0.3 is 5.97 Å². The molecule has 16 heavy (non-hydrogen) atoms. The van der Waals surface area contributed by atoms with Gasteiger partial charge in [-0.05, 0) is 32.0 Å². The summed E-state index contributed by atoms with van der Waals surface area (Å²) in [5.41, 5.74) is 1.12. The zero-order chi connectivity index (χ0) is 12.3. The molecule has 1 N–H and O–H groups in total. The van der Waals surface area contributed by atoms with Gasteiger partial charge in [-0.25, -0.2) is 0 Å². The number of carbonyl (C=O) groups is 2. The smallest absolute Gasteiger partial charge is 0.312 e. The molecule has 0 aromatic carbocycles.